The van der Waals surface area contributed by atoms with Crippen LogP contribution >= 0.6 is 0 Å². The molecule has 1 aromatic heterocycles. The largest absolute Gasteiger partial charge is 0.508 e. The summed E-state index contributed by atoms with van der Waals surface area (Å²) in [5, 5.41) is 15.5. The number of nitrogens with zero attached hydrogens (tertiary/aromatic N) is 1. The Morgan fingerprint density at radius 3 is 2.62 bits per heavy atom. The van der Waals surface area contributed by atoms with Gasteiger partial charge in [-0.1, -0.05) is 12.1 Å². The van der Waals surface area contributed by atoms with Gasteiger partial charge in [-0.05, 0) is 73.2 Å². The number of pyridine rings is 1. The second kappa shape index (κ2) is 9.09. The number of aryl methyl sites for hydroxylation is 2. The van der Waals surface area contributed by atoms with Gasteiger partial charge in [0.25, 0.3) is 11.8 Å². The van der Waals surface area contributed by atoms with Crippen LogP contribution in [-0.2, 0) is 12.8 Å². The second-order valence-electron chi connectivity index (χ2n) is 7.90. The Hall–Kier alpha value is -3.87. The normalized spacial score (nSPS) is 14.9. The highest BCUT2D eigenvalue weighted by Gasteiger charge is 2.22. The number of phenols is 1. The van der Waals surface area contributed by atoms with Crippen molar-refractivity contribution >= 4 is 11.8 Å². The molecule has 2 aromatic carbocycles. The fourth-order valence-electron chi connectivity index (χ4n) is 3.80. The number of rotatable bonds is 5. The monoisotopic (exact) mass is 431 g/mol. The van der Waals surface area contributed by atoms with Gasteiger partial charge in [0.05, 0.1) is 0 Å². The van der Waals surface area contributed by atoms with Crippen molar-refractivity contribution in [2.45, 2.75) is 32.2 Å². The molecule has 0 fully saturated rings. The van der Waals surface area contributed by atoms with E-state index in [2.05, 4.69) is 15.6 Å². The molecule has 1 heterocycles. The standard InChI is InChI=1S/C25H25N3O4/c1-15-3-4-17(13-23(15)29)24(30)28-19-7-5-16-6-8-20(12-18(16)11-19)32-21-9-10-27-22(14-21)25(31)26-2/h3-4,6,8-10,12-14,19,29H,5,7,11H2,1-2H3,(H,26,31)(H,28,30). The number of nitrogens with one attached hydrogen (secondary N) is 2. The zero-order valence-corrected chi connectivity index (χ0v) is 18.0. The van der Waals surface area contributed by atoms with Crippen LogP contribution in [0.4, 0.5) is 0 Å². The van der Waals surface area contributed by atoms with Crippen molar-refractivity contribution in [2.75, 3.05) is 7.05 Å². The van der Waals surface area contributed by atoms with Gasteiger partial charge in [-0.2, -0.15) is 0 Å². The lowest BCUT2D eigenvalue weighted by atomic mass is 9.88. The summed E-state index contributed by atoms with van der Waals surface area (Å²) in [5.74, 6) is 0.830. The van der Waals surface area contributed by atoms with Gasteiger partial charge in [-0.25, -0.2) is 0 Å². The number of hydrogen-bond donors (Lipinski definition) is 3. The molecule has 2 amide bonds. The summed E-state index contributed by atoms with van der Waals surface area (Å²) >= 11 is 0. The Balaban J connectivity index is 1.45. The van der Waals surface area contributed by atoms with E-state index in [9.17, 15) is 14.7 Å². The van der Waals surface area contributed by atoms with Crippen LogP contribution in [0.25, 0.3) is 0 Å². The fourth-order valence-corrected chi connectivity index (χ4v) is 3.80. The number of aromatic hydroxyl groups is 1. The number of fused-ring (bicyclic) bond motifs is 1. The van der Waals surface area contributed by atoms with Crippen LogP contribution in [0.1, 0.15) is 44.0 Å². The number of aromatic nitrogens is 1. The molecule has 1 aliphatic rings. The van der Waals surface area contributed by atoms with Crippen LogP contribution in [0, 0.1) is 6.92 Å². The number of benzene rings is 2. The third kappa shape index (κ3) is 4.72. The summed E-state index contributed by atoms with van der Waals surface area (Å²) in [6, 6.07) is 14.2. The summed E-state index contributed by atoms with van der Waals surface area (Å²) in [7, 11) is 1.55. The smallest absolute Gasteiger partial charge is 0.269 e. The zero-order chi connectivity index (χ0) is 22.7. The van der Waals surface area contributed by atoms with E-state index in [1.807, 2.05) is 18.2 Å². The highest BCUT2D eigenvalue weighted by atomic mass is 16.5. The molecular formula is C25H25N3O4. The minimum absolute atomic E-state index is 0.00512. The van der Waals surface area contributed by atoms with Gasteiger partial charge in [-0.3, -0.25) is 14.6 Å². The zero-order valence-electron chi connectivity index (χ0n) is 18.0. The van der Waals surface area contributed by atoms with E-state index in [1.165, 1.54) is 17.8 Å². The fraction of sp³-hybridized carbons (Fsp3) is 0.240. The average Bonchev–Trinajstić information content (AvgIpc) is 2.80. The number of carbonyl (C=O) groups excluding carboxylic acids is 2. The predicted molar refractivity (Wildman–Crippen MR) is 120 cm³/mol. The Morgan fingerprint density at radius 2 is 1.84 bits per heavy atom. The number of ether oxygens (including phenoxy) is 1. The Labute approximate surface area is 186 Å². The van der Waals surface area contributed by atoms with Crippen LogP contribution in [0.2, 0.25) is 0 Å². The third-order valence-electron chi connectivity index (χ3n) is 5.64. The van der Waals surface area contributed by atoms with Crippen LogP contribution in [0.5, 0.6) is 17.2 Å². The maximum Gasteiger partial charge on any atom is 0.269 e. The molecule has 3 aromatic rings. The molecule has 0 spiro atoms. The molecule has 0 aliphatic heterocycles. The maximum absolute atomic E-state index is 12.6. The molecule has 164 valence electrons. The number of amides is 2. The van der Waals surface area contributed by atoms with Gasteiger partial charge >= 0.3 is 0 Å². The number of hydrogen-bond acceptors (Lipinski definition) is 5. The molecule has 0 saturated carbocycles. The summed E-state index contributed by atoms with van der Waals surface area (Å²) in [5.41, 5.74) is 3.81. The van der Waals surface area contributed by atoms with Gasteiger partial charge in [0.15, 0.2) is 0 Å². The highest BCUT2D eigenvalue weighted by Crippen LogP contribution is 2.29. The highest BCUT2D eigenvalue weighted by molar-refractivity contribution is 5.95. The lowest BCUT2D eigenvalue weighted by molar-refractivity contribution is 0.0931. The van der Waals surface area contributed by atoms with Crippen LogP contribution in [0.15, 0.2) is 54.7 Å². The lowest BCUT2D eigenvalue weighted by Gasteiger charge is -2.26. The van der Waals surface area contributed by atoms with Crippen molar-refractivity contribution in [3.05, 3.63) is 82.7 Å². The van der Waals surface area contributed by atoms with Gasteiger partial charge < -0.3 is 20.5 Å². The molecule has 0 radical (unpaired) electrons. The second-order valence-corrected chi connectivity index (χ2v) is 7.90. The molecule has 7 heteroatoms. The molecule has 7 nitrogen and oxygen atoms in total. The van der Waals surface area contributed by atoms with Crippen molar-refractivity contribution in [3.8, 4) is 17.2 Å². The summed E-state index contributed by atoms with van der Waals surface area (Å²) in [6.07, 6.45) is 3.93. The Morgan fingerprint density at radius 1 is 1.03 bits per heavy atom. The molecular weight excluding hydrogens is 406 g/mol. The van der Waals surface area contributed by atoms with Gasteiger partial charge in [0.2, 0.25) is 0 Å². The molecule has 32 heavy (non-hydrogen) atoms. The van der Waals surface area contributed by atoms with Gasteiger partial charge in [0, 0.05) is 30.9 Å². The molecule has 1 atom stereocenters. The summed E-state index contributed by atoms with van der Waals surface area (Å²) in [6.45, 7) is 1.79. The summed E-state index contributed by atoms with van der Waals surface area (Å²) < 4.78 is 5.95. The first-order chi connectivity index (χ1) is 15.4. The van der Waals surface area contributed by atoms with Crippen molar-refractivity contribution in [3.63, 3.8) is 0 Å². The topological polar surface area (TPSA) is 101 Å². The number of phenolic OH excluding ortho intramolecular Hbond substituents is 1. The van der Waals surface area contributed by atoms with E-state index in [4.69, 9.17) is 4.74 Å². The predicted octanol–water partition coefficient (Wildman–Crippen LogP) is 3.53. The molecule has 4 rings (SSSR count). The van der Waals surface area contributed by atoms with E-state index >= 15 is 0 Å². The van der Waals surface area contributed by atoms with E-state index in [0.717, 1.165) is 24.0 Å². The molecule has 1 aliphatic carbocycles. The minimum atomic E-state index is -0.277. The average molecular weight is 431 g/mol. The van der Waals surface area contributed by atoms with Gasteiger partial charge in [-0.15, -0.1) is 0 Å². The van der Waals surface area contributed by atoms with Crippen LogP contribution in [-0.4, -0.2) is 35.0 Å². The van der Waals surface area contributed by atoms with E-state index < -0.39 is 0 Å². The van der Waals surface area contributed by atoms with Crippen molar-refractivity contribution < 1.29 is 19.4 Å². The van der Waals surface area contributed by atoms with E-state index in [-0.39, 0.29) is 29.3 Å². The first-order valence-electron chi connectivity index (χ1n) is 10.5. The van der Waals surface area contributed by atoms with E-state index in [1.54, 1.807) is 38.2 Å². The first kappa shape index (κ1) is 21.4. The summed E-state index contributed by atoms with van der Waals surface area (Å²) in [4.78, 5) is 28.5. The maximum atomic E-state index is 12.6. The van der Waals surface area contributed by atoms with E-state index in [0.29, 0.717) is 23.5 Å². The SMILES string of the molecule is CNC(=O)c1cc(Oc2ccc3c(c2)CC(NC(=O)c2ccc(C)c(O)c2)CC3)ccn1. The molecule has 1 unspecified atom stereocenters. The van der Waals surface area contributed by atoms with Crippen LogP contribution in [0.3, 0.4) is 0 Å². The van der Waals surface area contributed by atoms with Crippen molar-refractivity contribution in [2.24, 2.45) is 0 Å². The molecule has 3 N–H and O–H groups in total. The molecule has 0 bridgehead atoms. The van der Waals surface area contributed by atoms with Crippen LogP contribution < -0.4 is 15.4 Å². The third-order valence-corrected chi connectivity index (χ3v) is 5.64. The van der Waals surface area contributed by atoms with Gasteiger partial charge in [0.1, 0.15) is 22.9 Å². The quantitative estimate of drug-likeness (QED) is 0.574. The first-order valence-corrected chi connectivity index (χ1v) is 10.5. The number of carbonyl (C=O) groups is 2. The molecule has 0 saturated heterocycles. The lowest BCUT2D eigenvalue weighted by Crippen LogP contribution is -2.38. The Bertz CT molecular complexity index is 1180. The minimum Gasteiger partial charge on any atom is -0.508 e. The Kier molecular flexibility index (Phi) is 6.07. The van der Waals surface area contributed by atoms with Crippen molar-refractivity contribution in [1.29, 1.82) is 0 Å². The van der Waals surface area contributed by atoms with Crippen molar-refractivity contribution in [1.82, 2.24) is 15.6 Å².